The van der Waals surface area contributed by atoms with Gasteiger partial charge < -0.3 is 20.1 Å². The summed E-state index contributed by atoms with van der Waals surface area (Å²) in [6.45, 7) is 0.921. The van der Waals surface area contributed by atoms with E-state index in [4.69, 9.17) is 4.74 Å². The highest BCUT2D eigenvalue weighted by Gasteiger charge is 2.49. The zero-order valence-electron chi connectivity index (χ0n) is 11.8. The highest BCUT2D eigenvalue weighted by molar-refractivity contribution is 9.10. The summed E-state index contributed by atoms with van der Waals surface area (Å²) < 4.78 is 6.21. The van der Waals surface area contributed by atoms with Gasteiger partial charge in [0.1, 0.15) is 18.3 Å². The van der Waals surface area contributed by atoms with Crippen LogP contribution in [0.15, 0.2) is 28.7 Å². The van der Waals surface area contributed by atoms with Crippen molar-refractivity contribution in [1.29, 1.82) is 0 Å². The number of rotatable bonds is 2. The van der Waals surface area contributed by atoms with Crippen LogP contribution < -0.4 is 0 Å². The number of hydrogen-bond donors (Lipinski definition) is 3. The lowest BCUT2D eigenvalue weighted by Gasteiger charge is -2.42. The number of piperidine rings is 1. The summed E-state index contributed by atoms with van der Waals surface area (Å²) in [7, 11) is 0. The van der Waals surface area contributed by atoms with E-state index >= 15 is 0 Å². The maximum Gasteiger partial charge on any atom is 0.338 e. The highest BCUT2D eigenvalue weighted by atomic mass is 79.9. The van der Waals surface area contributed by atoms with E-state index in [-0.39, 0.29) is 0 Å². The first kappa shape index (κ1) is 15.9. The molecule has 0 saturated carbocycles. The van der Waals surface area contributed by atoms with E-state index in [9.17, 15) is 20.1 Å². The number of benzene rings is 1. The molecule has 2 aliphatic rings. The van der Waals surface area contributed by atoms with Crippen LogP contribution in [0.1, 0.15) is 16.8 Å². The summed E-state index contributed by atoms with van der Waals surface area (Å²) >= 11 is 3.29. The van der Waals surface area contributed by atoms with E-state index in [1.165, 1.54) is 0 Å². The van der Waals surface area contributed by atoms with Gasteiger partial charge in [0, 0.05) is 17.6 Å². The van der Waals surface area contributed by atoms with Crippen molar-refractivity contribution in [2.45, 2.75) is 36.9 Å². The van der Waals surface area contributed by atoms with Crippen LogP contribution >= 0.6 is 15.9 Å². The SMILES string of the molecule is O=C(OC1CN2CC[C@H](O)C2C(O)C1O)c1ccc(Br)cc1. The molecule has 0 bridgehead atoms. The van der Waals surface area contributed by atoms with Crippen LogP contribution in [0.5, 0.6) is 0 Å². The first-order valence-corrected chi connectivity index (χ1v) is 8.01. The number of halogens is 1. The van der Waals surface area contributed by atoms with Crippen molar-refractivity contribution in [2.24, 2.45) is 0 Å². The minimum atomic E-state index is -1.20. The third-order valence-corrected chi connectivity index (χ3v) is 4.89. The molecule has 22 heavy (non-hydrogen) atoms. The van der Waals surface area contributed by atoms with E-state index in [1.54, 1.807) is 24.3 Å². The molecule has 0 radical (unpaired) electrons. The Hall–Kier alpha value is -0.990. The lowest BCUT2D eigenvalue weighted by molar-refractivity contribution is -0.143. The Morgan fingerprint density at radius 3 is 2.55 bits per heavy atom. The van der Waals surface area contributed by atoms with E-state index in [0.717, 1.165) is 4.47 Å². The molecule has 2 heterocycles. The zero-order valence-corrected chi connectivity index (χ0v) is 13.4. The van der Waals surface area contributed by atoms with Crippen LogP contribution in [0, 0.1) is 0 Å². The zero-order chi connectivity index (χ0) is 15.9. The molecule has 2 fully saturated rings. The van der Waals surface area contributed by atoms with Crippen molar-refractivity contribution >= 4 is 21.9 Å². The predicted molar refractivity (Wildman–Crippen MR) is 81.3 cm³/mol. The molecule has 2 saturated heterocycles. The predicted octanol–water partition coefficient (Wildman–Crippen LogP) is 0.145. The van der Waals surface area contributed by atoms with Crippen LogP contribution in [0.25, 0.3) is 0 Å². The average Bonchev–Trinajstić information content (AvgIpc) is 2.86. The molecular formula is C15H18BrNO5. The van der Waals surface area contributed by atoms with Gasteiger partial charge in [-0.3, -0.25) is 4.90 Å². The van der Waals surface area contributed by atoms with Gasteiger partial charge in [0.05, 0.1) is 17.7 Å². The first-order chi connectivity index (χ1) is 10.5. The molecule has 7 heteroatoms. The minimum absolute atomic E-state index is 0.308. The average molecular weight is 372 g/mol. The number of fused-ring (bicyclic) bond motifs is 1. The van der Waals surface area contributed by atoms with Crippen LogP contribution in [-0.4, -0.2) is 69.7 Å². The maximum absolute atomic E-state index is 12.1. The fourth-order valence-corrected chi connectivity index (χ4v) is 3.44. The third kappa shape index (κ3) is 2.91. The Morgan fingerprint density at radius 1 is 1.18 bits per heavy atom. The summed E-state index contributed by atoms with van der Waals surface area (Å²) in [6, 6.07) is 6.23. The van der Waals surface area contributed by atoms with Crippen molar-refractivity contribution < 1.29 is 24.9 Å². The maximum atomic E-state index is 12.1. The van der Waals surface area contributed by atoms with Gasteiger partial charge in [0.25, 0.3) is 0 Å². The lowest BCUT2D eigenvalue weighted by atomic mass is 9.93. The monoisotopic (exact) mass is 371 g/mol. The van der Waals surface area contributed by atoms with Crippen LogP contribution in [0.2, 0.25) is 0 Å². The van der Waals surface area contributed by atoms with Crippen molar-refractivity contribution in [1.82, 2.24) is 4.90 Å². The molecule has 3 rings (SSSR count). The summed E-state index contributed by atoms with van der Waals surface area (Å²) in [5, 5.41) is 30.2. The quantitative estimate of drug-likeness (QED) is 0.641. The van der Waals surface area contributed by atoms with Gasteiger partial charge in [-0.25, -0.2) is 4.79 Å². The van der Waals surface area contributed by atoms with Crippen LogP contribution in [-0.2, 0) is 4.74 Å². The number of aliphatic hydroxyl groups excluding tert-OH is 3. The van der Waals surface area contributed by atoms with Gasteiger partial charge in [-0.15, -0.1) is 0 Å². The van der Waals surface area contributed by atoms with Crippen molar-refractivity contribution in [2.75, 3.05) is 13.1 Å². The molecule has 2 aliphatic heterocycles. The molecule has 6 nitrogen and oxygen atoms in total. The van der Waals surface area contributed by atoms with Gasteiger partial charge >= 0.3 is 5.97 Å². The van der Waals surface area contributed by atoms with E-state index < -0.39 is 36.4 Å². The molecule has 1 aromatic rings. The molecule has 5 atom stereocenters. The van der Waals surface area contributed by atoms with Gasteiger partial charge in [-0.1, -0.05) is 15.9 Å². The van der Waals surface area contributed by atoms with E-state index in [2.05, 4.69) is 15.9 Å². The topological polar surface area (TPSA) is 90.2 Å². The Kier molecular flexibility index (Phi) is 4.52. The van der Waals surface area contributed by atoms with Crippen LogP contribution in [0.3, 0.4) is 0 Å². The number of hydrogen-bond acceptors (Lipinski definition) is 6. The molecule has 3 N–H and O–H groups in total. The second kappa shape index (κ2) is 6.25. The summed E-state index contributed by atoms with van der Waals surface area (Å²) in [4.78, 5) is 14.0. The minimum Gasteiger partial charge on any atom is -0.455 e. The Morgan fingerprint density at radius 2 is 1.86 bits per heavy atom. The second-order valence-corrected chi connectivity index (χ2v) is 6.69. The fraction of sp³-hybridized carbons (Fsp3) is 0.533. The van der Waals surface area contributed by atoms with Crippen molar-refractivity contribution in [3.63, 3.8) is 0 Å². The number of carbonyl (C=O) groups is 1. The number of nitrogens with zero attached hydrogens (tertiary/aromatic N) is 1. The molecule has 0 aliphatic carbocycles. The molecule has 0 aromatic heterocycles. The number of aliphatic hydroxyl groups is 3. The molecule has 4 unspecified atom stereocenters. The fourth-order valence-electron chi connectivity index (χ4n) is 3.18. The number of carbonyl (C=O) groups excluding carboxylic acids is 1. The molecule has 1 aromatic carbocycles. The van der Waals surface area contributed by atoms with Crippen molar-refractivity contribution in [3.8, 4) is 0 Å². The van der Waals surface area contributed by atoms with Crippen LogP contribution in [0.4, 0.5) is 0 Å². The summed E-state index contributed by atoms with van der Waals surface area (Å²) in [5.74, 6) is -0.540. The molecule has 0 amide bonds. The standard InChI is InChI=1S/C15H18BrNO5/c16-9-3-1-8(2-4-9)15(21)22-11-7-17-6-5-10(18)12(17)14(20)13(11)19/h1-4,10-14,18-20H,5-7H2/t10-,11?,12?,13?,14?/m0/s1. The largest absolute Gasteiger partial charge is 0.455 e. The first-order valence-electron chi connectivity index (χ1n) is 7.22. The number of esters is 1. The van der Waals surface area contributed by atoms with Gasteiger partial charge in [0.15, 0.2) is 0 Å². The van der Waals surface area contributed by atoms with E-state index in [0.29, 0.717) is 25.1 Å². The highest BCUT2D eigenvalue weighted by Crippen LogP contribution is 2.29. The molecule has 120 valence electrons. The lowest BCUT2D eigenvalue weighted by Crippen LogP contribution is -2.62. The van der Waals surface area contributed by atoms with Gasteiger partial charge in [-0.2, -0.15) is 0 Å². The van der Waals surface area contributed by atoms with E-state index in [1.807, 2.05) is 4.90 Å². The second-order valence-electron chi connectivity index (χ2n) is 5.77. The van der Waals surface area contributed by atoms with Crippen molar-refractivity contribution in [3.05, 3.63) is 34.3 Å². The van der Waals surface area contributed by atoms with Gasteiger partial charge in [-0.05, 0) is 30.7 Å². The summed E-state index contributed by atoms with van der Waals surface area (Å²) in [5.41, 5.74) is 0.383. The third-order valence-electron chi connectivity index (χ3n) is 4.36. The summed E-state index contributed by atoms with van der Waals surface area (Å²) in [6.07, 6.45) is -3.26. The molecule has 0 spiro atoms. The normalized spacial score (nSPS) is 35.2. The Balaban J connectivity index is 1.70. The van der Waals surface area contributed by atoms with Gasteiger partial charge in [0.2, 0.25) is 0 Å². The Labute approximate surface area is 136 Å². The smallest absolute Gasteiger partial charge is 0.338 e. The molecular weight excluding hydrogens is 354 g/mol. The Bertz CT molecular complexity index is 551. The number of ether oxygens (including phenoxy) is 1.